The highest BCUT2D eigenvalue weighted by Gasteiger charge is 2.55. The van der Waals surface area contributed by atoms with Crippen molar-refractivity contribution in [2.24, 2.45) is 0 Å². The first-order valence-corrected chi connectivity index (χ1v) is 21.5. The number of hydrogen-bond donors (Lipinski definition) is 0. The molecular weight excluding hydrogens is 695 g/mol. The predicted octanol–water partition coefficient (Wildman–Crippen LogP) is 10.4. The normalized spacial score (nSPS) is 15.2. The maximum absolute atomic E-state index is 6.84. The quantitative estimate of drug-likeness (QED) is 0.156. The Labute approximate surface area is 326 Å². The van der Waals surface area contributed by atoms with Crippen LogP contribution < -0.4 is 30.4 Å². The van der Waals surface area contributed by atoms with Crippen LogP contribution in [0.4, 0.5) is 17.1 Å². The van der Waals surface area contributed by atoms with Gasteiger partial charge in [-0.3, -0.25) is 0 Å². The van der Waals surface area contributed by atoms with E-state index in [-0.39, 0.29) is 0 Å². The summed E-state index contributed by atoms with van der Waals surface area (Å²) >= 11 is 0. The Morgan fingerprint density at radius 2 is 0.839 bits per heavy atom. The average Bonchev–Trinajstić information content (AvgIpc) is 3.73. The topological polar surface area (TPSA) is 12.5 Å². The zero-order chi connectivity index (χ0) is 36.6. The van der Waals surface area contributed by atoms with Crippen LogP contribution in [0.1, 0.15) is 22.3 Å². The Balaban J connectivity index is 1.11. The predicted molar refractivity (Wildman–Crippen MR) is 232 cm³/mol. The molecule has 56 heavy (non-hydrogen) atoms. The van der Waals surface area contributed by atoms with Gasteiger partial charge in [0.15, 0.2) is 8.07 Å². The number of nitrogens with zero attached hydrogens (tertiary/aromatic N) is 1. The van der Waals surface area contributed by atoms with Gasteiger partial charge in [0.1, 0.15) is 11.5 Å². The third-order valence-electron chi connectivity index (χ3n) is 13.1. The molecule has 0 aliphatic carbocycles. The third kappa shape index (κ3) is 3.58. The fourth-order valence-corrected chi connectivity index (χ4v) is 16.7. The van der Waals surface area contributed by atoms with E-state index in [1.165, 1.54) is 87.5 Å². The summed E-state index contributed by atoms with van der Waals surface area (Å²) in [7, 11) is -2.63. The number of anilines is 3. The van der Waals surface area contributed by atoms with Crippen LogP contribution in [0.5, 0.6) is 11.5 Å². The number of fused-ring (bicyclic) bond motifs is 19. The van der Waals surface area contributed by atoms with E-state index in [4.69, 9.17) is 4.74 Å². The average molecular weight is 728 g/mol. The van der Waals surface area contributed by atoms with Gasteiger partial charge < -0.3 is 9.64 Å². The summed E-state index contributed by atoms with van der Waals surface area (Å²) in [6.45, 7) is 0. The first-order chi connectivity index (χ1) is 27.8. The first kappa shape index (κ1) is 30.4. The maximum atomic E-state index is 6.84. The minimum atomic E-state index is -2.63. The lowest BCUT2D eigenvalue weighted by Crippen LogP contribution is -2.70. The van der Waals surface area contributed by atoms with Gasteiger partial charge in [0, 0.05) is 16.8 Å². The lowest BCUT2D eigenvalue weighted by Gasteiger charge is -2.48. The molecule has 0 amide bonds. The maximum Gasteiger partial charge on any atom is 0.182 e. The van der Waals surface area contributed by atoms with Crippen LogP contribution in [0, 0.1) is 0 Å². The van der Waals surface area contributed by atoms with Crippen molar-refractivity contribution in [3.05, 3.63) is 222 Å². The van der Waals surface area contributed by atoms with Crippen molar-refractivity contribution in [2.45, 2.75) is 5.41 Å². The van der Waals surface area contributed by atoms with Crippen molar-refractivity contribution in [1.82, 2.24) is 0 Å². The van der Waals surface area contributed by atoms with Crippen molar-refractivity contribution < 1.29 is 4.74 Å². The van der Waals surface area contributed by atoms with E-state index >= 15 is 0 Å². The van der Waals surface area contributed by atoms with Gasteiger partial charge in [-0.25, -0.2) is 0 Å². The molecule has 0 radical (unpaired) electrons. The lowest BCUT2D eigenvalue weighted by atomic mass is 9.61. The second kappa shape index (κ2) is 10.8. The summed E-state index contributed by atoms with van der Waals surface area (Å²) in [5, 5.41) is 8.32. The number of hydrogen-bond acceptors (Lipinski definition) is 2. The summed E-state index contributed by atoms with van der Waals surface area (Å²) in [5.41, 5.74) is 13.2. The Bertz CT molecular complexity index is 3050. The van der Waals surface area contributed by atoms with E-state index < -0.39 is 13.5 Å². The van der Waals surface area contributed by atoms with Crippen LogP contribution in [0.25, 0.3) is 33.0 Å². The molecule has 0 saturated carbocycles. The Morgan fingerprint density at radius 3 is 1.46 bits per heavy atom. The van der Waals surface area contributed by atoms with Crippen LogP contribution in [0.15, 0.2) is 200 Å². The van der Waals surface area contributed by atoms with Gasteiger partial charge in [0.2, 0.25) is 0 Å². The van der Waals surface area contributed by atoms with Gasteiger partial charge in [-0.05, 0) is 107 Å². The molecule has 0 fully saturated rings. The SMILES string of the molecule is c1ccc2c(c1)Oc1cc3ccccc3cc1C21c2ccccc2N(c2ccc3c(c2)[Si]2(c4ccccc4-c4ccccc42)c2ccccc2-3)c2ccccc21. The van der Waals surface area contributed by atoms with Crippen molar-refractivity contribution in [3.8, 4) is 33.8 Å². The molecule has 0 saturated heterocycles. The van der Waals surface area contributed by atoms with Gasteiger partial charge in [-0.15, -0.1) is 0 Å². The summed E-state index contributed by atoms with van der Waals surface area (Å²) in [4.78, 5) is 2.53. The molecule has 2 spiro atoms. The fourth-order valence-electron chi connectivity index (χ4n) is 11.1. The van der Waals surface area contributed by atoms with Gasteiger partial charge in [-0.2, -0.15) is 0 Å². The molecule has 9 aromatic rings. The van der Waals surface area contributed by atoms with Crippen molar-refractivity contribution in [1.29, 1.82) is 0 Å². The Hall–Kier alpha value is -6.94. The number of para-hydroxylation sites is 3. The smallest absolute Gasteiger partial charge is 0.182 e. The largest absolute Gasteiger partial charge is 0.457 e. The lowest BCUT2D eigenvalue weighted by molar-refractivity contribution is 0.435. The molecule has 13 rings (SSSR count). The summed E-state index contributed by atoms with van der Waals surface area (Å²) in [6, 6.07) is 75.0. The number of ether oxygens (including phenoxy) is 1. The molecule has 0 aromatic heterocycles. The minimum absolute atomic E-state index is 0.607. The van der Waals surface area contributed by atoms with E-state index in [0.717, 1.165) is 17.1 Å². The van der Waals surface area contributed by atoms with E-state index in [1.807, 2.05) is 0 Å². The molecule has 9 aromatic carbocycles. The zero-order valence-electron chi connectivity index (χ0n) is 30.4. The Morgan fingerprint density at radius 1 is 0.357 bits per heavy atom. The molecule has 260 valence electrons. The molecule has 4 aliphatic rings. The van der Waals surface area contributed by atoms with Gasteiger partial charge in [0.05, 0.1) is 16.8 Å². The van der Waals surface area contributed by atoms with Crippen LogP contribution in [-0.4, -0.2) is 8.07 Å². The van der Waals surface area contributed by atoms with Gasteiger partial charge in [0.25, 0.3) is 0 Å². The van der Waals surface area contributed by atoms with Crippen LogP contribution >= 0.6 is 0 Å². The summed E-state index contributed by atoms with van der Waals surface area (Å²) < 4.78 is 6.84. The van der Waals surface area contributed by atoms with Crippen molar-refractivity contribution in [2.75, 3.05) is 4.90 Å². The van der Waals surface area contributed by atoms with E-state index in [9.17, 15) is 0 Å². The third-order valence-corrected chi connectivity index (χ3v) is 18.1. The summed E-state index contributed by atoms with van der Waals surface area (Å²) in [6.07, 6.45) is 0. The minimum Gasteiger partial charge on any atom is -0.457 e. The zero-order valence-corrected chi connectivity index (χ0v) is 31.4. The molecule has 0 N–H and O–H groups in total. The van der Waals surface area contributed by atoms with E-state index in [1.54, 1.807) is 0 Å². The number of rotatable bonds is 1. The molecule has 4 aliphatic heterocycles. The second-order valence-electron chi connectivity index (χ2n) is 15.5. The van der Waals surface area contributed by atoms with Crippen molar-refractivity contribution in [3.63, 3.8) is 0 Å². The van der Waals surface area contributed by atoms with Crippen molar-refractivity contribution >= 4 is 56.7 Å². The summed E-state index contributed by atoms with van der Waals surface area (Å²) in [5.74, 6) is 1.80. The molecule has 0 atom stereocenters. The Kier molecular flexibility index (Phi) is 5.89. The standard InChI is InChI=1S/C53H33NOSi/c1-2-16-35-32-48-44(31-34(35)15-1)53(43-22-8-11-25-47(43)55-48)41-20-6-9-23-45(41)54(46-24-10-7-21-42(46)53)36-29-30-40-39-19-5-14-28-51(39)56(52(40)33-36)49-26-12-3-17-37(49)38-18-4-13-27-50(38)56/h1-33H. The highest BCUT2D eigenvalue weighted by molar-refractivity contribution is 7.24. The molecule has 2 nitrogen and oxygen atoms in total. The first-order valence-electron chi connectivity index (χ1n) is 19.5. The highest BCUT2D eigenvalue weighted by Crippen LogP contribution is 2.63. The number of benzene rings is 9. The molecule has 4 heterocycles. The molecule has 0 unspecified atom stereocenters. The molecule has 0 bridgehead atoms. The molecular formula is C53H33NOSi. The highest BCUT2D eigenvalue weighted by atomic mass is 28.3. The second-order valence-corrected chi connectivity index (χ2v) is 19.2. The van der Waals surface area contributed by atoms with Gasteiger partial charge >= 0.3 is 0 Å². The van der Waals surface area contributed by atoms with Crippen LogP contribution in [-0.2, 0) is 5.41 Å². The fraction of sp³-hybridized carbons (Fsp3) is 0.0189. The van der Waals surface area contributed by atoms with E-state index in [2.05, 4.69) is 205 Å². The van der Waals surface area contributed by atoms with Crippen LogP contribution in [0.2, 0.25) is 0 Å². The monoisotopic (exact) mass is 727 g/mol. The molecule has 3 heteroatoms. The van der Waals surface area contributed by atoms with E-state index in [0.29, 0.717) is 0 Å². The van der Waals surface area contributed by atoms with Gasteiger partial charge in [-0.1, -0.05) is 158 Å². The van der Waals surface area contributed by atoms with Crippen LogP contribution in [0.3, 0.4) is 0 Å².